The number of nitrogens with zero attached hydrogens (tertiary/aromatic N) is 3. The van der Waals surface area contributed by atoms with Crippen molar-refractivity contribution in [1.29, 1.82) is 0 Å². The minimum Gasteiger partial charge on any atom is -0.481 e. The van der Waals surface area contributed by atoms with Gasteiger partial charge >= 0.3 is 12.0 Å². The van der Waals surface area contributed by atoms with Crippen LogP contribution in [0.15, 0.2) is 6.20 Å². The van der Waals surface area contributed by atoms with E-state index in [2.05, 4.69) is 15.2 Å². The monoisotopic (exact) mass is 312 g/mol. The van der Waals surface area contributed by atoms with Gasteiger partial charge in [0.1, 0.15) is 0 Å². The third-order valence-corrected chi connectivity index (χ3v) is 4.30. The van der Waals surface area contributed by atoms with E-state index in [1.165, 1.54) is 0 Å². The number of carboxylic acids is 1. The average molecular weight is 312 g/mol. The number of hydrogen-bond acceptors (Lipinski definition) is 5. The van der Waals surface area contributed by atoms with Gasteiger partial charge in [0.15, 0.2) is 0 Å². The summed E-state index contributed by atoms with van der Waals surface area (Å²) in [5.74, 6) is -0.782. The van der Waals surface area contributed by atoms with Crippen LogP contribution in [0.4, 0.5) is 4.79 Å². The molecular weight excluding hydrogens is 292 g/mol. The Morgan fingerprint density at radius 1 is 1.38 bits per heavy atom. The Hall–Kier alpha value is -1.67. The van der Waals surface area contributed by atoms with E-state index in [1.54, 1.807) is 22.4 Å². The van der Waals surface area contributed by atoms with E-state index in [0.29, 0.717) is 26.2 Å². The van der Waals surface area contributed by atoms with Crippen LogP contribution in [0.1, 0.15) is 16.3 Å². The molecule has 0 aliphatic carbocycles. The lowest BCUT2D eigenvalue weighted by atomic mass is 10.3. The molecule has 21 heavy (non-hydrogen) atoms. The fourth-order valence-electron chi connectivity index (χ4n) is 2.19. The van der Waals surface area contributed by atoms with Crippen molar-refractivity contribution in [1.82, 2.24) is 20.1 Å². The highest BCUT2D eigenvalue weighted by molar-refractivity contribution is 7.11. The zero-order chi connectivity index (χ0) is 15.2. The lowest BCUT2D eigenvalue weighted by Gasteiger charge is -2.34. The molecule has 2 N–H and O–H groups in total. The van der Waals surface area contributed by atoms with Crippen LogP contribution in [0, 0.1) is 6.92 Å². The largest absolute Gasteiger partial charge is 0.481 e. The van der Waals surface area contributed by atoms with Gasteiger partial charge < -0.3 is 15.3 Å². The van der Waals surface area contributed by atoms with Gasteiger partial charge in [-0.1, -0.05) is 0 Å². The molecule has 7 nitrogen and oxygen atoms in total. The molecule has 116 valence electrons. The number of nitrogens with one attached hydrogen (secondary N) is 1. The van der Waals surface area contributed by atoms with E-state index in [1.807, 2.05) is 6.92 Å². The molecule has 0 radical (unpaired) electrons. The molecule has 0 atom stereocenters. The van der Waals surface area contributed by atoms with Gasteiger partial charge in [0, 0.05) is 43.8 Å². The number of carbonyl (C=O) groups excluding carboxylic acids is 1. The van der Waals surface area contributed by atoms with Crippen molar-refractivity contribution in [3.05, 3.63) is 16.1 Å². The Morgan fingerprint density at radius 2 is 2.10 bits per heavy atom. The molecule has 0 saturated carbocycles. The minimum atomic E-state index is -0.782. The Morgan fingerprint density at radius 3 is 2.67 bits per heavy atom. The number of hydrogen-bond donors (Lipinski definition) is 2. The Kier molecular flexibility index (Phi) is 5.51. The van der Waals surface area contributed by atoms with E-state index in [0.717, 1.165) is 23.0 Å². The highest BCUT2D eigenvalue weighted by Crippen LogP contribution is 2.11. The van der Waals surface area contributed by atoms with Gasteiger partial charge in [0.05, 0.1) is 18.0 Å². The number of piperazine rings is 1. The molecule has 2 rings (SSSR count). The van der Waals surface area contributed by atoms with Gasteiger partial charge in [-0.15, -0.1) is 11.3 Å². The predicted molar refractivity (Wildman–Crippen MR) is 79.4 cm³/mol. The van der Waals surface area contributed by atoms with Crippen LogP contribution in [0.2, 0.25) is 0 Å². The maximum atomic E-state index is 12.0. The van der Waals surface area contributed by atoms with Crippen LogP contribution < -0.4 is 5.32 Å². The quantitative estimate of drug-likeness (QED) is 0.838. The second-order valence-corrected chi connectivity index (χ2v) is 6.30. The first-order valence-electron chi connectivity index (χ1n) is 6.93. The zero-order valence-corrected chi connectivity index (χ0v) is 12.9. The van der Waals surface area contributed by atoms with E-state index < -0.39 is 5.97 Å². The first-order chi connectivity index (χ1) is 10.0. The van der Waals surface area contributed by atoms with Gasteiger partial charge in [0.25, 0.3) is 0 Å². The van der Waals surface area contributed by atoms with Crippen LogP contribution in [-0.4, -0.2) is 64.6 Å². The zero-order valence-electron chi connectivity index (χ0n) is 12.0. The summed E-state index contributed by atoms with van der Waals surface area (Å²) < 4.78 is 0. The van der Waals surface area contributed by atoms with Crippen molar-refractivity contribution in [3.63, 3.8) is 0 Å². The number of rotatable bonds is 5. The van der Waals surface area contributed by atoms with Gasteiger partial charge in [-0.05, 0) is 6.92 Å². The molecule has 1 aliphatic heterocycles. The molecule has 2 heterocycles. The normalized spacial score (nSPS) is 16.0. The smallest absolute Gasteiger partial charge is 0.317 e. The number of aliphatic carboxylic acids is 1. The molecule has 1 aliphatic rings. The third-order valence-electron chi connectivity index (χ3n) is 3.38. The Bertz CT molecular complexity index is 497. The number of amides is 2. The SMILES string of the molecule is Cc1ncc(CNC(=O)N2CCN(CCC(=O)O)CC2)s1. The first-order valence-corrected chi connectivity index (χ1v) is 7.74. The third kappa shape index (κ3) is 4.98. The molecule has 1 aromatic heterocycles. The van der Waals surface area contributed by atoms with Gasteiger partial charge in [-0.25, -0.2) is 9.78 Å². The fraction of sp³-hybridized carbons (Fsp3) is 0.615. The Labute approximate surface area is 127 Å². The van der Waals surface area contributed by atoms with Gasteiger partial charge in [-0.3, -0.25) is 9.69 Å². The van der Waals surface area contributed by atoms with Crippen LogP contribution in [0.5, 0.6) is 0 Å². The summed E-state index contributed by atoms with van der Waals surface area (Å²) in [6, 6.07) is -0.0704. The number of thiazole rings is 1. The first kappa shape index (κ1) is 15.7. The molecule has 0 unspecified atom stereocenters. The summed E-state index contributed by atoms with van der Waals surface area (Å²) in [6.07, 6.45) is 1.93. The van der Waals surface area contributed by atoms with E-state index >= 15 is 0 Å². The molecule has 0 aromatic carbocycles. The molecule has 1 fully saturated rings. The van der Waals surface area contributed by atoms with Gasteiger partial charge in [-0.2, -0.15) is 0 Å². The highest BCUT2D eigenvalue weighted by atomic mass is 32.1. The molecule has 2 amide bonds. The van der Waals surface area contributed by atoms with E-state index in [-0.39, 0.29) is 12.5 Å². The Balaban J connectivity index is 1.69. The molecule has 0 bridgehead atoms. The summed E-state index contributed by atoms with van der Waals surface area (Å²) in [4.78, 5) is 31.6. The second kappa shape index (κ2) is 7.37. The number of urea groups is 1. The van der Waals surface area contributed by atoms with Crippen molar-refractivity contribution < 1.29 is 14.7 Å². The number of aryl methyl sites for hydroxylation is 1. The van der Waals surface area contributed by atoms with Crippen LogP contribution >= 0.6 is 11.3 Å². The maximum Gasteiger partial charge on any atom is 0.317 e. The van der Waals surface area contributed by atoms with Crippen LogP contribution in [-0.2, 0) is 11.3 Å². The molecule has 1 aromatic rings. The topological polar surface area (TPSA) is 85.8 Å². The van der Waals surface area contributed by atoms with Crippen molar-refractivity contribution >= 4 is 23.3 Å². The molecular formula is C13H20N4O3S. The van der Waals surface area contributed by atoms with E-state index in [9.17, 15) is 9.59 Å². The molecule has 0 spiro atoms. The number of carbonyl (C=O) groups is 2. The van der Waals surface area contributed by atoms with E-state index in [4.69, 9.17) is 5.11 Å². The second-order valence-electron chi connectivity index (χ2n) is 4.98. The fourth-order valence-corrected chi connectivity index (χ4v) is 2.92. The van der Waals surface area contributed by atoms with Crippen molar-refractivity contribution in [2.75, 3.05) is 32.7 Å². The van der Waals surface area contributed by atoms with Crippen LogP contribution in [0.3, 0.4) is 0 Å². The number of carboxylic acid groups (broad SMARTS) is 1. The molecule has 8 heteroatoms. The summed E-state index contributed by atoms with van der Waals surface area (Å²) in [6.45, 7) is 5.70. The van der Waals surface area contributed by atoms with Crippen molar-refractivity contribution in [2.24, 2.45) is 0 Å². The molecule has 1 saturated heterocycles. The van der Waals surface area contributed by atoms with Crippen molar-refractivity contribution in [3.8, 4) is 0 Å². The summed E-state index contributed by atoms with van der Waals surface area (Å²) in [7, 11) is 0. The minimum absolute atomic E-state index is 0.0704. The average Bonchev–Trinajstić information content (AvgIpc) is 2.89. The maximum absolute atomic E-state index is 12.0. The standard InChI is InChI=1S/C13H20N4O3S/c1-10-14-8-11(21-10)9-15-13(20)17-6-4-16(5-7-17)3-2-12(18)19/h8H,2-7,9H2,1H3,(H,15,20)(H,18,19). The van der Waals surface area contributed by atoms with Gasteiger partial charge in [0.2, 0.25) is 0 Å². The van der Waals surface area contributed by atoms with Crippen LogP contribution in [0.25, 0.3) is 0 Å². The highest BCUT2D eigenvalue weighted by Gasteiger charge is 2.21. The predicted octanol–water partition coefficient (Wildman–Crippen LogP) is 0.753. The lowest BCUT2D eigenvalue weighted by molar-refractivity contribution is -0.137. The summed E-state index contributed by atoms with van der Waals surface area (Å²) in [5.41, 5.74) is 0. The number of aromatic nitrogens is 1. The summed E-state index contributed by atoms with van der Waals surface area (Å²) in [5, 5.41) is 12.5. The summed E-state index contributed by atoms with van der Waals surface area (Å²) >= 11 is 1.58. The van der Waals surface area contributed by atoms with Crippen molar-refractivity contribution in [2.45, 2.75) is 19.9 Å². The lowest BCUT2D eigenvalue weighted by Crippen LogP contribution is -2.51.